The topological polar surface area (TPSA) is 44.3 Å². The van der Waals surface area contributed by atoms with E-state index in [-0.39, 0.29) is 0 Å². The average Bonchev–Trinajstić information content (AvgIpc) is 2.58. The van der Waals surface area contributed by atoms with Gasteiger partial charge in [-0.05, 0) is 25.6 Å². The first-order chi connectivity index (χ1) is 11.6. The number of rotatable bonds is 4. The molecule has 2 heterocycles. The second-order valence-corrected chi connectivity index (χ2v) is 6.65. The third kappa shape index (κ3) is 3.91. The Morgan fingerprint density at radius 1 is 1.08 bits per heavy atom. The van der Waals surface area contributed by atoms with E-state index >= 15 is 0 Å². The number of anilines is 3. The highest BCUT2D eigenvalue weighted by atomic mass is 35.5. The Balaban J connectivity index is 1.82. The summed E-state index contributed by atoms with van der Waals surface area (Å²) in [6.45, 7) is 9.17. The van der Waals surface area contributed by atoms with E-state index in [4.69, 9.17) is 23.2 Å². The number of likely N-dealkylation sites (N-methyl/N-ethyl adjacent to an activating group) is 1. The molecule has 0 aliphatic carbocycles. The second-order valence-electron chi connectivity index (χ2n) is 5.84. The zero-order valence-electron chi connectivity index (χ0n) is 13.9. The van der Waals surface area contributed by atoms with Gasteiger partial charge in [-0.15, -0.1) is 0 Å². The van der Waals surface area contributed by atoms with E-state index < -0.39 is 0 Å². The van der Waals surface area contributed by atoms with Crippen molar-refractivity contribution in [1.82, 2.24) is 14.9 Å². The van der Waals surface area contributed by atoms with Crippen LogP contribution in [0.15, 0.2) is 24.3 Å². The van der Waals surface area contributed by atoms with Crippen molar-refractivity contribution < 1.29 is 0 Å². The van der Waals surface area contributed by atoms with Gasteiger partial charge in [0.2, 0.25) is 5.95 Å². The molecule has 0 bridgehead atoms. The Hall–Kier alpha value is -1.56. The summed E-state index contributed by atoms with van der Waals surface area (Å²) < 4.78 is 0. The van der Waals surface area contributed by atoms with Gasteiger partial charge in [0.05, 0.1) is 15.7 Å². The molecular weight excluding hydrogens is 345 g/mol. The lowest BCUT2D eigenvalue weighted by Gasteiger charge is -2.34. The first kappa shape index (κ1) is 17.3. The minimum Gasteiger partial charge on any atom is -0.338 e. The number of piperazine rings is 1. The first-order valence-electron chi connectivity index (χ1n) is 8.11. The predicted molar refractivity (Wildman–Crippen MR) is 101 cm³/mol. The average molecular weight is 366 g/mol. The summed E-state index contributed by atoms with van der Waals surface area (Å²) in [4.78, 5) is 13.9. The largest absolute Gasteiger partial charge is 0.338 e. The highest BCUT2D eigenvalue weighted by molar-refractivity contribution is 6.39. The van der Waals surface area contributed by atoms with Crippen LogP contribution in [0.25, 0.3) is 0 Å². The van der Waals surface area contributed by atoms with Gasteiger partial charge in [0.1, 0.15) is 5.82 Å². The van der Waals surface area contributed by atoms with E-state index in [2.05, 4.69) is 32.0 Å². The quantitative estimate of drug-likeness (QED) is 0.887. The fraction of sp³-hybridized carbons (Fsp3) is 0.412. The van der Waals surface area contributed by atoms with Crippen molar-refractivity contribution in [2.75, 3.05) is 42.9 Å². The molecule has 0 radical (unpaired) electrons. The normalized spacial score (nSPS) is 15.6. The molecule has 0 saturated carbocycles. The van der Waals surface area contributed by atoms with Gasteiger partial charge in [0.15, 0.2) is 0 Å². The third-order valence-electron chi connectivity index (χ3n) is 4.16. The van der Waals surface area contributed by atoms with Gasteiger partial charge in [-0.25, -0.2) is 4.98 Å². The fourth-order valence-electron chi connectivity index (χ4n) is 2.77. The van der Waals surface area contributed by atoms with E-state index in [1.54, 1.807) is 12.1 Å². The van der Waals surface area contributed by atoms with Crippen LogP contribution in [0, 0.1) is 6.92 Å². The van der Waals surface area contributed by atoms with E-state index in [0.29, 0.717) is 21.6 Å². The summed E-state index contributed by atoms with van der Waals surface area (Å²) in [5, 5.41) is 4.36. The van der Waals surface area contributed by atoms with E-state index in [0.717, 1.165) is 44.4 Å². The molecule has 0 amide bonds. The summed E-state index contributed by atoms with van der Waals surface area (Å²) in [6.07, 6.45) is 0. The highest BCUT2D eigenvalue weighted by Crippen LogP contribution is 2.32. The van der Waals surface area contributed by atoms with Crippen LogP contribution in [0.2, 0.25) is 10.0 Å². The molecule has 1 saturated heterocycles. The molecule has 0 unspecified atom stereocenters. The number of benzene rings is 1. The van der Waals surface area contributed by atoms with Crippen LogP contribution >= 0.6 is 23.2 Å². The van der Waals surface area contributed by atoms with Crippen molar-refractivity contribution in [3.63, 3.8) is 0 Å². The Morgan fingerprint density at radius 2 is 1.75 bits per heavy atom. The van der Waals surface area contributed by atoms with Gasteiger partial charge in [0.25, 0.3) is 0 Å². The molecule has 7 heteroatoms. The van der Waals surface area contributed by atoms with E-state index in [1.165, 1.54) is 0 Å². The van der Waals surface area contributed by atoms with Crippen LogP contribution in [0.1, 0.15) is 12.6 Å². The minimum atomic E-state index is 0.567. The zero-order valence-corrected chi connectivity index (χ0v) is 15.4. The molecule has 5 nitrogen and oxygen atoms in total. The van der Waals surface area contributed by atoms with Crippen LogP contribution in [-0.2, 0) is 0 Å². The second kappa shape index (κ2) is 7.55. The number of halogens is 2. The monoisotopic (exact) mass is 365 g/mol. The van der Waals surface area contributed by atoms with Crippen molar-refractivity contribution >= 4 is 40.7 Å². The predicted octanol–water partition coefficient (Wildman–Crippen LogP) is 3.98. The molecule has 0 atom stereocenters. The molecule has 0 spiro atoms. The maximum Gasteiger partial charge on any atom is 0.227 e. The molecule has 24 heavy (non-hydrogen) atoms. The SMILES string of the molecule is CCN1CCN(c2nc(C)cc(Nc3c(Cl)cccc3Cl)n2)CC1. The van der Waals surface area contributed by atoms with Gasteiger partial charge in [-0.3, -0.25) is 0 Å². The maximum atomic E-state index is 6.23. The smallest absolute Gasteiger partial charge is 0.227 e. The number of aryl methyl sites for hydroxylation is 1. The lowest BCUT2D eigenvalue weighted by Crippen LogP contribution is -2.46. The molecule has 1 fully saturated rings. The van der Waals surface area contributed by atoms with Crippen LogP contribution in [-0.4, -0.2) is 47.6 Å². The number of hydrogen-bond acceptors (Lipinski definition) is 5. The molecule has 128 valence electrons. The number of aromatic nitrogens is 2. The maximum absolute atomic E-state index is 6.23. The zero-order chi connectivity index (χ0) is 17.1. The van der Waals surface area contributed by atoms with Crippen molar-refractivity contribution in [2.24, 2.45) is 0 Å². The lowest BCUT2D eigenvalue weighted by atomic mass is 10.3. The molecule has 1 aromatic heterocycles. The molecule has 1 aromatic carbocycles. The summed E-state index contributed by atoms with van der Waals surface area (Å²) in [5.41, 5.74) is 1.57. The molecule has 2 aromatic rings. The Morgan fingerprint density at radius 3 is 2.38 bits per heavy atom. The lowest BCUT2D eigenvalue weighted by molar-refractivity contribution is 0.270. The van der Waals surface area contributed by atoms with Gasteiger partial charge in [-0.1, -0.05) is 36.2 Å². The minimum absolute atomic E-state index is 0.567. The summed E-state index contributed by atoms with van der Waals surface area (Å²) >= 11 is 12.5. The number of nitrogens with zero attached hydrogens (tertiary/aromatic N) is 4. The van der Waals surface area contributed by atoms with Crippen LogP contribution in [0.3, 0.4) is 0 Å². The summed E-state index contributed by atoms with van der Waals surface area (Å²) in [6, 6.07) is 7.31. The Kier molecular flexibility index (Phi) is 5.43. The van der Waals surface area contributed by atoms with E-state index in [9.17, 15) is 0 Å². The van der Waals surface area contributed by atoms with Crippen LogP contribution in [0.5, 0.6) is 0 Å². The molecule has 1 N–H and O–H groups in total. The standard InChI is InChI=1S/C17H21Cl2N5/c1-3-23-7-9-24(10-8-23)17-20-12(2)11-15(22-17)21-16-13(18)5-4-6-14(16)19/h4-6,11H,3,7-10H2,1-2H3,(H,20,21,22). The third-order valence-corrected chi connectivity index (χ3v) is 4.79. The molecule has 1 aliphatic rings. The Labute approximate surface area is 152 Å². The molecule has 3 rings (SSSR count). The molecular formula is C17H21Cl2N5. The summed E-state index contributed by atoms with van der Waals surface area (Å²) in [7, 11) is 0. The van der Waals surface area contributed by atoms with Gasteiger partial charge >= 0.3 is 0 Å². The summed E-state index contributed by atoms with van der Waals surface area (Å²) in [5.74, 6) is 1.45. The number of nitrogens with one attached hydrogen (secondary N) is 1. The van der Waals surface area contributed by atoms with Crippen molar-refractivity contribution in [3.8, 4) is 0 Å². The Bertz CT molecular complexity index is 694. The van der Waals surface area contributed by atoms with Crippen molar-refractivity contribution in [2.45, 2.75) is 13.8 Å². The van der Waals surface area contributed by atoms with E-state index in [1.807, 2.05) is 19.1 Å². The van der Waals surface area contributed by atoms with Gasteiger partial charge in [-0.2, -0.15) is 4.98 Å². The van der Waals surface area contributed by atoms with Crippen molar-refractivity contribution in [1.29, 1.82) is 0 Å². The number of para-hydroxylation sites is 1. The fourth-order valence-corrected chi connectivity index (χ4v) is 3.26. The number of hydrogen-bond donors (Lipinski definition) is 1. The van der Waals surface area contributed by atoms with Gasteiger partial charge in [0, 0.05) is 37.9 Å². The van der Waals surface area contributed by atoms with Crippen LogP contribution in [0.4, 0.5) is 17.5 Å². The molecule has 1 aliphatic heterocycles. The van der Waals surface area contributed by atoms with Crippen molar-refractivity contribution in [3.05, 3.63) is 40.0 Å². The highest BCUT2D eigenvalue weighted by Gasteiger charge is 2.19. The van der Waals surface area contributed by atoms with Crippen LogP contribution < -0.4 is 10.2 Å². The first-order valence-corrected chi connectivity index (χ1v) is 8.86. The van der Waals surface area contributed by atoms with Gasteiger partial charge < -0.3 is 15.1 Å².